The summed E-state index contributed by atoms with van der Waals surface area (Å²) in [5, 5.41) is 11.1. The molecule has 0 aromatic heterocycles. The zero-order valence-corrected chi connectivity index (χ0v) is 14.2. The lowest BCUT2D eigenvalue weighted by atomic mass is 10.1. The molecular formula is C17H26N2O6. The van der Waals surface area contributed by atoms with Crippen LogP contribution in [0, 0.1) is 0 Å². The minimum absolute atomic E-state index is 0.168. The summed E-state index contributed by atoms with van der Waals surface area (Å²) >= 11 is 0. The minimum atomic E-state index is -1.22. The second kappa shape index (κ2) is 12.2. The van der Waals surface area contributed by atoms with Gasteiger partial charge in [-0.1, -0.05) is 23.8 Å². The van der Waals surface area contributed by atoms with Crippen molar-refractivity contribution in [3.8, 4) is 0 Å². The van der Waals surface area contributed by atoms with Gasteiger partial charge in [0.15, 0.2) is 0 Å². The number of amides is 1. The molecule has 0 fully saturated rings. The lowest BCUT2D eigenvalue weighted by Crippen LogP contribution is -2.38. The van der Waals surface area contributed by atoms with Crippen molar-refractivity contribution in [2.24, 2.45) is 5.73 Å². The predicted molar refractivity (Wildman–Crippen MR) is 90.7 cm³/mol. The smallest absolute Gasteiger partial charge is 0.321 e. The number of nitrogens with two attached hydrogens (primary N) is 1. The average Bonchev–Trinajstić information content (AvgIpc) is 3.07. The number of nitrogens with one attached hydrogen (secondary N) is 1. The molecule has 1 rings (SSSR count). The number of ether oxygens (including phenoxy) is 2. The van der Waals surface area contributed by atoms with Crippen LogP contribution in [0.2, 0.25) is 0 Å². The van der Waals surface area contributed by atoms with E-state index in [0.29, 0.717) is 6.42 Å². The number of carbonyl (C=O) groups is 3. The molecule has 4 N–H and O–H groups in total. The minimum Gasteiger partial charge on any atom is -0.480 e. The Bertz CT molecular complexity index is 515. The third kappa shape index (κ3) is 10.3. The Labute approximate surface area is 147 Å². The third-order valence-electron chi connectivity index (χ3n) is 3.51. The van der Waals surface area contributed by atoms with Crippen LogP contribution in [0.15, 0.2) is 23.8 Å². The molecule has 0 bridgehead atoms. The van der Waals surface area contributed by atoms with Gasteiger partial charge in [0.1, 0.15) is 12.6 Å². The third-order valence-corrected chi connectivity index (χ3v) is 3.51. The normalized spacial score (nSPS) is 14.0. The van der Waals surface area contributed by atoms with E-state index in [-0.39, 0.29) is 38.8 Å². The van der Waals surface area contributed by atoms with Crippen LogP contribution in [0.1, 0.15) is 32.1 Å². The average molecular weight is 354 g/mol. The van der Waals surface area contributed by atoms with Gasteiger partial charge >= 0.3 is 11.9 Å². The van der Waals surface area contributed by atoms with Gasteiger partial charge < -0.3 is 25.6 Å². The molecule has 1 aliphatic rings. The van der Waals surface area contributed by atoms with Crippen molar-refractivity contribution in [2.45, 2.75) is 38.1 Å². The number of carboxylic acids is 1. The van der Waals surface area contributed by atoms with Crippen LogP contribution in [0.25, 0.3) is 0 Å². The Morgan fingerprint density at radius 3 is 2.76 bits per heavy atom. The lowest BCUT2D eigenvalue weighted by molar-refractivity contribution is -0.145. The zero-order chi connectivity index (χ0) is 18.5. The monoisotopic (exact) mass is 354 g/mol. The largest absolute Gasteiger partial charge is 0.480 e. The van der Waals surface area contributed by atoms with Crippen LogP contribution >= 0.6 is 0 Å². The fourth-order valence-corrected chi connectivity index (χ4v) is 2.15. The Morgan fingerprint density at radius 2 is 2.08 bits per heavy atom. The molecule has 0 unspecified atom stereocenters. The Balaban J connectivity index is 1.89. The Morgan fingerprint density at radius 1 is 1.28 bits per heavy atom. The summed E-state index contributed by atoms with van der Waals surface area (Å²) in [6, 6.07) is -1.21. The summed E-state index contributed by atoms with van der Waals surface area (Å²) < 4.78 is 10.3. The van der Waals surface area contributed by atoms with E-state index < -0.39 is 17.9 Å². The molecule has 1 aliphatic carbocycles. The highest BCUT2D eigenvalue weighted by molar-refractivity contribution is 5.84. The molecular weight excluding hydrogens is 328 g/mol. The topological polar surface area (TPSA) is 128 Å². The molecule has 0 saturated heterocycles. The number of hydrogen-bond donors (Lipinski definition) is 3. The molecule has 0 aliphatic heterocycles. The van der Waals surface area contributed by atoms with Gasteiger partial charge in [0.05, 0.1) is 19.6 Å². The number of carboxylic acid groups (broad SMARTS) is 1. The lowest BCUT2D eigenvalue weighted by Gasteiger charge is -2.09. The maximum absolute atomic E-state index is 11.5. The van der Waals surface area contributed by atoms with Crippen molar-refractivity contribution in [2.75, 3.05) is 26.4 Å². The van der Waals surface area contributed by atoms with Gasteiger partial charge in [0.2, 0.25) is 5.91 Å². The van der Waals surface area contributed by atoms with Crippen molar-refractivity contribution in [1.82, 2.24) is 5.32 Å². The standard InChI is InChI=1S/C17H26N2O6/c18-14(17(22)23)12-15(20)19-8-9-24-10-11-25-16(21)7-3-6-13-4-1-2-5-13/h1-2,4,14H,3,5-12,18H2,(H,19,20)(H,22,23)/t14-/m0/s1. The van der Waals surface area contributed by atoms with Gasteiger partial charge in [0, 0.05) is 13.0 Å². The van der Waals surface area contributed by atoms with Gasteiger partial charge in [0.25, 0.3) is 0 Å². The molecule has 25 heavy (non-hydrogen) atoms. The molecule has 8 heteroatoms. The highest BCUT2D eigenvalue weighted by Crippen LogP contribution is 2.17. The van der Waals surface area contributed by atoms with E-state index in [1.54, 1.807) is 0 Å². The molecule has 0 radical (unpaired) electrons. The SMILES string of the molecule is N[C@@H](CC(=O)NCCOCCOC(=O)CCCC1=CC=CC1)C(=O)O. The van der Waals surface area contributed by atoms with E-state index in [1.807, 2.05) is 6.08 Å². The summed E-state index contributed by atoms with van der Waals surface area (Å²) in [5.41, 5.74) is 6.58. The van der Waals surface area contributed by atoms with E-state index in [2.05, 4.69) is 17.5 Å². The maximum Gasteiger partial charge on any atom is 0.321 e. The molecule has 8 nitrogen and oxygen atoms in total. The first kappa shape index (κ1) is 20.9. The fourth-order valence-electron chi connectivity index (χ4n) is 2.15. The van der Waals surface area contributed by atoms with E-state index in [9.17, 15) is 14.4 Å². The van der Waals surface area contributed by atoms with E-state index in [0.717, 1.165) is 19.3 Å². The molecule has 140 valence electrons. The van der Waals surface area contributed by atoms with Crippen LogP contribution in [-0.2, 0) is 23.9 Å². The van der Waals surface area contributed by atoms with E-state index >= 15 is 0 Å². The molecule has 0 saturated carbocycles. The van der Waals surface area contributed by atoms with Gasteiger partial charge in [-0.2, -0.15) is 0 Å². The zero-order valence-electron chi connectivity index (χ0n) is 14.2. The molecule has 0 aromatic carbocycles. The second-order valence-corrected chi connectivity index (χ2v) is 5.64. The Kier molecular flexibility index (Phi) is 10.2. The van der Waals surface area contributed by atoms with Gasteiger partial charge in [-0.3, -0.25) is 14.4 Å². The molecule has 1 atom stereocenters. The van der Waals surface area contributed by atoms with Crippen molar-refractivity contribution in [1.29, 1.82) is 0 Å². The van der Waals surface area contributed by atoms with Crippen molar-refractivity contribution < 1.29 is 29.0 Å². The van der Waals surface area contributed by atoms with Gasteiger partial charge in [-0.25, -0.2) is 0 Å². The molecule has 1 amide bonds. The highest BCUT2D eigenvalue weighted by atomic mass is 16.6. The summed E-state index contributed by atoms with van der Waals surface area (Å²) in [6.07, 6.45) is 8.95. The Hall–Kier alpha value is -2.19. The van der Waals surface area contributed by atoms with Crippen LogP contribution in [0.3, 0.4) is 0 Å². The summed E-state index contributed by atoms with van der Waals surface area (Å²) in [4.78, 5) is 33.4. The van der Waals surface area contributed by atoms with Crippen molar-refractivity contribution in [3.63, 3.8) is 0 Å². The van der Waals surface area contributed by atoms with Crippen molar-refractivity contribution in [3.05, 3.63) is 23.8 Å². The fraction of sp³-hybridized carbons (Fsp3) is 0.588. The van der Waals surface area contributed by atoms with Crippen LogP contribution in [0.4, 0.5) is 0 Å². The predicted octanol–water partition coefficient (Wildman–Crippen LogP) is 0.521. The maximum atomic E-state index is 11.5. The van der Waals surface area contributed by atoms with E-state index in [4.69, 9.17) is 20.3 Å². The second-order valence-electron chi connectivity index (χ2n) is 5.64. The van der Waals surface area contributed by atoms with Crippen molar-refractivity contribution >= 4 is 17.8 Å². The summed E-state index contributed by atoms with van der Waals surface area (Å²) in [6.45, 7) is 0.890. The molecule has 0 aromatic rings. The molecule has 0 heterocycles. The number of hydrogen-bond acceptors (Lipinski definition) is 6. The van der Waals surface area contributed by atoms with Crippen LogP contribution < -0.4 is 11.1 Å². The number of aliphatic carboxylic acids is 1. The summed E-state index contributed by atoms with van der Waals surface area (Å²) in [7, 11) is 0. The molecule has 0 spiro atoms. The quantitative estimate of drug-likeness (QED) is 0.325. The summed E-state index contributed by atoms with van der Waals surface area (Å²) in [5.74, 6) is -1.91. The van der Waals surface area contributed by atoms with Gasteiger partial charge in [-0.05, 0) is 19.3 Å². The first-order chi connectivity index (χ1) is 12.0. The number of esters is 1. The number of rotatable bonds is 13. The highest BCUT2D eigenvalue weighted by Gasteiger charge is 2.15. The first-order valence-corrected chi connectivity index (χ1v) is 8.32. The van der Waals surface area contributed by atoms with Crippen LogP contribution in [-0.4, -0.2) is 55.4 Å². The van der Waals surface area contributed by atoms with Crippen LogP contribution in [0.5, 0.6) is 0 Å². The number of carbonyl (C=O) groups excluding carboxylic acids is 2. The van der Waals surface area contributed by atoms with Gasteiger partial charge in [-0.15, -0.1) is 0 Å². The van der Waals surface area contributed by atoms with E-state index in [1.165, 1.54) is 5.57 Å². The number of allylic oxidation sites excluding steroid dienone is 4. The first-order valence-electron chi connectivity index (χ1n) is 8.32.